The molecule has 1 N–H and O–H groups in total. The molecule has 1 fully saturated rings. The first-order valence-electron chi connectivity index (χ1n) is 6.69. The predicted molar refractivity (Wildman–Crippen MR) is 76.7 cm³/mol. The molecule has 0 bridgehead atoms. The molecule has 112 valence electrons. The van der Waals surface area contributed by atoms with Crippen LogP contribution in [-0.2, 0) is 0 Å². The van der Waals surface area contributed by atoms with E-state index in [1.165, 1.54) is 6.07 Å². The number of hydrogen-bond acceptors (Lipinski definition) is 5. The number of piperidine rings is 1. The van der Waals surface area contributed by atoms with Crippen LogP contribution < -0.4 is 0 Å². The number of nitro benzene ring substituents is 1. The number of carbonyl (C=O) groups excluding carboxylic acids is 1. The minimum atomic E-state index is -0.534. The zero-order valence-electron chi connectivity index (χ0n) is 11.9. The average Bonchev–Trinajstić information content (AvgIpc) is 2.46. The molecule has 2 rings (SSSR count). The second-order valence-corrected chi connectivity index (χ2v) is 5.22. The Kier molecular flexibility index (Phi) is 4.21. The van der Waals surface area contributed by atoms with Crippen LogP contribution in [0.1, 0.15) is 29.3 Å². The van der Waals surface area contributed by atoms with Gasteiger partial charge in [0, 0.05) is 31.5 Å². The molecule has 1 aliphatic rings. The molecule has 21 heavy (non-hydrogen) atoms. The van der Waals surface area contributed by atoms with Crippen molar-refractivity contribution in [2.75, 3.05) is 13.1 Å². The quantitative estimate of drug-likeness (QED) is 0.513. The van der Waals surface area contributed by atoms with Crippen LogP contribution in [0.4, 0.5) is 5.69 Å². The molecule has 0 aromatic heterocycles. The van der Waals surface area contributed by atoms with E-state index in [1.54, 1.807) is 24.0 Å². The van der Waals surface area contributed by atoms with Crippen molar-refractivity contribution in [3.63, 3.8) is 0 Å². The van der Waals surface area contributed by atoms with Gasteiger partial charge in [-0.25, -0.2) is 0 Å². The number of rotatable bonds is 2. The molecule has 1 unspecified atom stereocenters. The molecule has 1 heterocycles. The van der Waals surface area contributed by atoms with Crippen molar-refractivity contribution in [1.29, 1.82) is 0 Å². The van der Waals surface area contributed by atoms with Crippen LogP contribution in [0, 0.1) is 23.0 Å². The Bertz CT molecular complexity index is 612. The first kappa shape index (κ1) is 15.0. The third kappa shape index (κ3) is 2.86. The van der Waals surface area contributed by atoms with E-state index in [2.05, 4.69) is 5.16 Å². The largest absolute Gasteiger partial charge is 0.411 e. The van der Waals surface area contributed by atoms with Gasteiger partial charge in [0.25, 0.3) is 11.6 Å². The van der Waals surface area contributed by atoms with Gasteiger partial charge in [0.2, 0.25) is 0 Å². The Hall–Kier alpha value is -2.44. The zero-order valence-corrected chi connectivity index (χ0v) is 11.9. The number of benzene rings is 1. The van der Waals surface area contributed by atoms with Gasteiger partial charge >= 0.3 is 0 Å². The first-order chi connectivity index (χ1) is 9.95. The van der Waals surface area contributed by atoms with Gasteiger partial charge in [0.05, 0.1) is 10.6 Å². The maximum Gasteiger partial charge on any atom is 0.282 e. The Balaban J connectivity index is 2.32. The number of likely N-dealkylation sites (tertiary alicyclic amines) is 1. The normalized spacial score (nSPS) is 20.6. The van der Waals surface area contributed by atoms with Crippen molar-refractivity contribution in [3.8, 4) is 0 Å². The van der Waals surface area contributed by atoms with E-state index >= 15 is 0 Å². The van der Waals surface area contributed by atoms with Gasteiger partial charge in [0.15, 0.2) is 0 Å². The van der Waals surface area contributed by atoms with E-state index in [0.29, 0.717) is 30.8 Å². The number of amides is 1. The summed E-state index contributed by atoms with van der Waals surface area (Å²) in [7, 11) is 0. The number of aryl methyl sites for hydroxylation is 1. The van der Waals surface area contributed by atoms with Crippen molar-refractivity contribution in [2.24, 2.45) is 11.1 Å². The van der Waals surface area contributed by atoms with Gasteiger partial charge in [-0.05, 0) is 12.5 Å². The van der Waals surface area contributed by atoms with Crippen molar-refractivity contribution in [1.82, 2.24) is 4.90 Å². The summed E-state index contributed by atoms with van der Waals surface area (Å²) < 4.78 is 0. The van der Waals surface area contributed by atoms with E-state index in [1.807, 2.05) is 6.92 Å². The highest BCUT2D eigenvalue weighted by atomic mass is 16.6. The van der Waals surface area contributed by atoms with Gasteiger partial charge in [-0.3, -0.25) is 14.9 Å². The maximum absolute atomic E-state index is 12.6. The fourth-order valence-corrected chi connectivity index (χ4v) is 2.60. The molecule has 0 spiro atoms. The zero-order chi connectivity index (χ0) is 15.6. The molecule has 1 amide bonds. The van der Waals surface area contributed by atoms with Crippen LogP contribution >= 0.6 is 0 Å². The van der Waals surface area contributed by atoms with Crippen LogP contribution in [0.5, 0.6) is 0 Å². The molecule has 0 saturated carbocycles. The summed E-state index contributed by atoms with van der Waals surface area (Å²) in [5.41, 5.74) is 1.20. The Morgan fingerprint density at radius 1 is 1.52 bits per heavy atom. The molecule has 1 saturated heterocycles. The van der Waals surface area contributed by atoms with Gasteiger partial charge < -0.3 is 10.1 Å². The number of carbonyl (C=O) groups is 1. The van der Waals surface area contributed by atoms with Crippen LogP contribution in [0.15, 0.2) is 23.4 Å². The number of nitrogens with zero attached hydrogens (tertiary/aromatic N) is 3. The molecule has 1 aromatic carbocycles. The summed E-state index contributed by atoms with van der Waals surface area (Å²) >= 11 is 0. The Labute approximate surface area is 122 Å². The van der Waals surface area contributed by atoms with E-state index in [9.17, 15) is 14.9 Å². The van der Waals surface area contributed by atoms with E-state index in [0.717, 1.165) is 0 Å². The molecule has 7 heteroatoms. The predicted octanol–water partition coefficient (Wildman–Crippen LogP) is 2.22. The van der Waals surface area contributed by atoms with Crippen LogP contribution in [0.2, 0.25) is 0 Å². The topological polar surface area (TPSA) is 96.0 Å². The Morgan fingerprint density at radius 3 is 2.81 bits per heavy atom. The van der Waals surface area contributed by atoms with Crippen molar-refractivity contribution in [3.05, 3.63) is 39.4 Å². The first-order valence-corrected chi connectivity index (χ1v) is 6.69. The molecule has 0 radical (unpaired) electrons. The second-order valence-electron chi connectivity index (χ2n) is 5.22. The maximum atomic E-state index is 12.6. The monoisotopic (exact) mass is 291 g/mol. The van der Waals surface area contributed by atoms with Crippen LogP contribution in [0.3, 0.4) is 0 Å². The molecule has 1 aromatic rings. The highest BCUT2D eigenvalue weighted by Crippen LogP contribution is 2.25. The second kappa shape index (κ2) is 5.90. The molecule has 0 aliphatic carbocycles. The SMILES string of the molecule is Cc1cccc([N+](=O)[O-])c1C(=O)N1CC/C(=N\O)C(C)C1. The van der Waals surface area contributed by atoms with Gasteiger partial charge in [-0.1, -0.05) is 24.2 Å². The van der Waals surface area contributed by atoms with Crippen LogP contribution in [0.25, 0.3) is 0 Å². The molecular formula is C14H17N3O4. The van der Waals surface area contributed by atoms with Gasteiger partial charge in [-0.2, -0.15) is 0 Å². The summed E-state index contributed by atoms with van der Waals surface area (Å²) in [4.78, 5) is 24.8. The highest BCUT2D eigenvalue weighted by Gasteiger charge is 2.31. The number of oxime groups is 1. The average molecular weight is 291 g/mol. The molecule has 1 aliphatic heterocycles. The minimum absolute atomic E-state index is 0.0595. The standard InChI is InChI=1S/C14H17N3O4/c1-9-4-3-5-12(17(20)21)13(9)14(18)16-7-6-11(15-19)10(2)8-16/h3-5,10,19H,6-8H2,1-2H3/b15-11+. The molecule has 7 nitrogen and oxygen atoms in total. The lowest BCUT2D eigenvalue weighted by Gasteiger charge is -2.31. The third-order valence-corrected chi connectivity index (χ3v) is 3.78. The lowest BCUT2D eigenvalue weighted by molar-refractivity contribution is -0.385. The van der Waals surface area contributed by atoms with E-state index in [4.69, 9.17) is 5.21 Å². The third-order valence-electron chi connectivity index (χ3n) is 3.78. The molecular weight excluding hydrogens is 274 g/mol. The van der Waals surface area contributed by atoms with Gasteiger partial charge in [-0.15, -0.1) is 0 Å². The fourth-order valence-electron chi connectivity index (χ4n) is 2.60. The molecule has 1 atom stereocenters. The minimum Gasteiger partial charge on any atom is -0.411 e. The van der Waals surface area contributed by atoms with E-state index in [-0.39, 0.29) is 23.1 Å². The summed E-state index contributed by atoms with van der Waals surface area (Å²) in [5.74, 6) is -0.403. The fraction of sp³-hybridized carbons (Fsp3) is 0.429. The number of hydrogen-bond donors (Lipinski definition) is 1. The summed E-state index contributed by atoms with van der Waals surface area (Å²) in [6, 6.07) is 4.60. The summed E-state index contributed by atoms with van der Waals surface area (Å²) in [6.07, 6.45) is 0.475. The van der Waals surface area contributed by atoms with E-state index < -0.39 is 4.92 Å². The van der Waals surface area contributed by atoms with Crippen molar-refractivity contribution in [2.45, 2.75) is 20.3 Å². The van der Waals surface area contributed by atoms with Gasteiger partial charge in [0.1, 0.15) is 5.56 Å². The Morgan fingerprint density at radius 2 is 2.24 bits per heavy atom. The lowest BCUT2D eigenvalue weighted by atomic mass is 9.96. The van der Waals surface area contributed by atoms with Crippen LogP contribution in [-0.4, -0.2) is 39.7 Å². The highest BCUT2D eigenvalue weighted by molar-refractivity contribution is 6.00. The smallest absolute Gasteiger partial charge is 0.282 e. The summed E-state index contributed by atoms with van der Waals surface area (Å²) in [5, 5.41) is 23.2. The van der Waals surface area contributed by atoms with Crippen molar-refractivity contribution >= 4 is 17.3 Å². The lowest BCUT2D eigenvalue weighted by Crippen LogP contribution is -2.43. The van der Waals surface area contributed by atoms with Crippen molar-refractivity contribution < 1.29 is 14.9 Å². The number of nitro groups is 1. The summed E-state index contributed by atoms with van der Waals surface area (Å²) in [6.45, 7) is 4.34.